The fourth-order valence-corrected chi connectivity index (χ4v) is 4.83. The van der Waals surface area contributed by atoms with Gasteiger partial charge in [-0.3, -0.25) is 9.00 Å². The molecule has 2 aromatic carbocycles. The molecule has 10 nitrogen and oxygen atoms in total. The highest BCUT2D eigenvalue weighted by Crippen LogP contribution is 2.31. The van der Waals surface area contributed by atoms with Crippen LogP contribution in [0.5, 0.6) is 0 Å². The molecule has 2 aromatic rings. The van der Waals surface area contributed by atoms with E-state index in [0.29, 0.717) is 16.0 Å². The third kappa shape index (κ3) is 8.83. The first-order valence-corrected chi connectivity index (χ1v) is 15.0. The number of halogens is 2. The van der Waals surface area contributed by atoms with Gasteiger partial charge in [-0.15, -0.1) is 0 Å². The van der Waals surface area contributed by atoms with Crippen LogP contribution in [-0.4, -0.2) is 68.0 Å². The normalized spacial score (nSPS) is 13.8. The van der Waals surface area contributed by atoms with Gasteiger partial charge in [-0.05, 0) is 36.8 Å². The Labute approximate surface area is 231 Å². The largest absolute Gasteiger partial charge is 0.508 e. The lowest BCUT2D eigenvalue weighted by molar-refractivity contribution is -0.158. The average molecular weight is 607 g/mol. The zero-order valence-electron chi connectivity index (χ0n) is 20.5. The topological polar surface area (TPSA) is 150 Å². The molecule has 0 aliphatic carbocycles. The molecule has 206 valence electrons. The zero-order valence-corrected chi connectivity index (χ0v) is 23.6. The number of cyclic esters (lactones) is 1. The maximum absolute atomic E-state index is 11.5. The van der Waals surface area contributed by atoms with Crippen LogP contribution in [0.2, 0.25) is 10.0 Å². The average Bonchev–Trinajstić information content (AvgIpc) is 3.16. The number of aliphatic hydroxyl groups excluding tert-OH is 1. The van der Waals surface area contributed by atoms with E-state index in [1.54, 1.807) is 19.1 Å². The lowest BCUT2D eigenvalue weighted by atomic mass is 10.1. The minimum atomic E-state index is -3.36. The second-order valence-electron chi connectivity index (χ2n) is 7.66. The van der Waals surface area contributed by atoms with E-state index in [2.05, 4.69) is 9.47 Å². The van der Waals surface area contributed by atoms with Crippen molar-refractivity contribution in [1.29, 1.82) is 0 Å². The molecular formula is C24H24Cl2O10S2. The van der Waals surface area contributed by atoms with Gasteiger partial charge in [0.05, 0.1) is 17.9 Å². The SMILES string of the molecule is CCOC(=O)COC(=O)Cc1ccc(S(C)(=O)=O)cc1Cl.CS(=O)c1ccc(C2=C(O)COC2=O)c(Cl)c1. The zero-order chi connectivity index (χ0) is 28.6. The lowest BCUT2D eigenvalue weighted by Gasteiger charge is -2.07. The molecule has 1 heterocycles. The first-order valence-electron chi connectivity index (χ1n) is 10.8. The van der Waals surface area contributed by atoms with Crippen LogP contribution in [-0.2, 0) is 55.7 Å². The van der Waals surface area contributed by atoms with Gasteiger partial charge in [0.15, 0.2) is 16.4 Å². The van der Waals surface area contributed by atoms with Crippen LogP contribution in [0.15, 0.2) is 51.9 Å². The molecular weight excluding hydrogens is 583 g/mol. The molecule has 1 aliphatic heterocycles. The fraction of sp³-hybridized carbons (Fsp3) is 0.292. The van der Waals surface area contributed by atoms with E-state index in [1.807, 2.05) is 0 Å². The van der Waals surface area contributed by atoms with Crippen LogP contribution in [0.3, 0.4) is 0 Å². The Kier molecular flexibility index (Phi) is 11.3. The maximum Gasteiger partial charge on any atom is 0.344 e. The van der Waals surface area contributed by atoms with Gasteiger partial charge >= 0.3 is 17.9 Å². The molecule has 0 radical (unpaired) electrons. The van der Waals surface area contributed by atoms with Gasteiger partial charge in [-0.1, -0.05) is 35.3 Å². The minimum Gasteiger partial charge on any atom is -0.508 e. The van der Waals surface area contributed by atoms with Crippen LogP contribution in [0, 0.1) is 0 Å². The van der Waals surface area contributed by atoms with Crippen molar-refractivity contribution in [2.45, 2.75) is 23.1 Å². The van der Waals surface area contributed by atoms with Crippen molar-refractivity contribution in [2.24, 2.45) is 0 Å². The fourth-order valence-electron chi connectivity index (χ4n) is 2.99. The minimum absolute atomic E-state index is 0.0659. The molecule has 1 atom stereocenters. The van der Waals surface area contributed by atoms with Crippen molar-refractivity contribution in [3.05, 3.63) is 63.3 Å². The summed E-state index contributed by atoms with van der Waals surface area (Å²) in [6.45, 7) is 1.25. The van der Waals surface area contributed by atoms with Crippen molar-refractivity contribution in [3.63, 3.8) is 0 Å². The molecule has 14 heteroatoms. The van der Waals surface area contributed by atoms with Crippen LogP contribution in [0.4, 0.5) is 0 Å². The first-order chi connectivity index (χ1) is 17.7. The van der Waals surface area contributed by atoms with E-state index >= 15 is 0 Å². The van der Waals surface area contributed by atoms with Crippen molar-refractivity contribution in [3.8, 4) is 0 Å². The number of esters is 3. The Morgan fingerprint density at radius 2 is 1.76 bits per heavy atom. The predicted molar refractivity (Wildman–Crippen MR) is 140 cm³/mol. The van der Waals surface area contributed by atoms with E-state index in [9.17, 15) is 32.1 Å². The number of benzene rings is 2. The molecule has 0 aromatic heterocycles. The highest BCUT2D eigenvalue weighted by atomic mass is 35.5. The number of sulfone groups is 1. The van der Waals surface area contributed by atoms with Crippen LogP contribution in [0.25, 0.3) is 5.57 Å². The quantitative estimate of drug-likeness (QED) is 0.350. The smallest absolute Gasteiger partial charge is 0.344 e. The van der Waals surface area contributed by atoms with E-state index in [1.165, 1.54) is 30.5 Å². The number of hydrogen-bond donors (Lipinski definition) is 1. The third-order valence-electron chi connectivity index (χ3n) is 4.82. The Hall–Kier alpha value is -2.93. The number of aliphatic hydroxyl groups is 1. The van der Waals surface area contributed by atoms with Gasteiger partial charge in [-0.2, -0.15) is 0 Å². The third-order valence-corrected chi connectivity index (χ3v) is 7.51. The molecule has 1 aliphatic rings. The highest BCUT2D eigenvalue weighted by molar-refractivity contribution is 7.90. The van der Waals surface area contributed by atoms with Crippen molar-refractivity contribution >= 4 is 67.3 Å². The summed E-state index contributed by atoms with van der Waals surface area (Å²) in [5.41, 5.74) is 0.877. The standard InChI is InChI=1S/C13H15ClO6S.C11H9ClO4S/c1-3-19-13(16)8-20-12(15)6-9-4-5-10(7-11(9)14)21(2,17)18;1-17(15)6-2-3-7(8(12)4-6)10-9(13)5-16-11(10)14/h4-5,7H,3,6,8H2,1-2H3;2-4,13H,5H2,1H3. The summed E-state index contributed by atoms with van der Waals surface area (Å²) in [5.74, 6) is -2.03. The summed E-state index contributed by atoms with van der Waals surface area (Å²) in [6.07, 6.45) is 2.43. The second kappa shape index (κ2) is 13.7. The van der Waals surface area contributed by atoms with Gasteiger partial charge in [0.2, 0.25) is 0 Å². The summed E-state index contributed by atoms with van der Waals surface area (Å²) >= 11 is 11.9. The Balaban J connectivity index is 0.000000272. The van der Waals surface area contributed by atoms with Gasteiger partial charge in [0.1, 0.15) is 17.9 Å². The summed E-state index contributed by atoms with van der Waals surface area (Å²) < 4.78 is 48.0. The predicted octanol–water partition coefficient (Wildman–Crippen LogP) is 3.30. The molecule has 3 rings (SSSR count). The molecule has 0 saturated carbocycles. The first kappa shape index (κ1) is 31.3. The second-order valence-corrected chi connectivity index (χ2v) is 11.9. The Morgan fingerprint density at radius 3 is 2.26 bits per heavy atom. The van der Waals surface area contributed by atoms with Crippen LogP contribution >= 0.6 is 23.2 Å². The molecule has 0 saturated heterocycles. The summed E-state index contributed by atoms with van der Waals surface area (Å²) in [5, 5.41) is 9.94. The Bertz CT molecular complexity index is 1400. The summed E-state index contributed by atoms with van der Waals surface area (Å²) in [6, 6.07) is 8.73. The maximum atomic E-state index is 11.5. The molecule has 0 amide bonds. The van der Waals surface area contributed by atoms with Crippen molar-refractivity contribution in [2.75, 3.05) is 32.3 Å². The van der Waals surface area contributed by atoms with Gasteiger partial charge < -0.3 is 19.3 Å². The monoisotopic (exact) mass is 606 g/mol. The molecule has 0 spiro atoms. The van der Waals surface area contributed by atoms with Gasteiger partial charge in [-0.25, -0.2) is 18.0 Å². The van der Waals surface area contributed by atoms with Crippen LogP contribution in [0.1, 0.15) is 18.1 Å². The summed E-state index contributed by atoms with van der Waals surface area (Å²) in [4.78, 5) is 34.6. The van der Waals surface area contributed by atoms with Crippen molar-refractivity contribution in [1.82, 2.24) is 0 Å². The van der Waals surface area contributed by atoms with E-state index < -0.39 is 45.2 Å². The Morgan fingerprint density at radius 1 is 1.08 bits per heavy atom. The molecule has 1 unspecified atom stereocenters. The molecule has 0 bridgehead atoms. The lowest BCUT2D eigenvalue weighted by Crippen LogP contribution is -2.17. The number of carbonyl (C=O) groups is 3. The molecule has 1 N–H and O–H groups in total. The van der Waals surface area contributed by atoms with E-state index in [-0.39, 0.29) is 45.9 Å². The van der Waals surface area contributed by atoms with Crippen molar-refractivity contribution < 1.29 is 46.3 Å². The highest BCUT2D eigenvalue weighted by Gasteiger charge is 2.27. The van der Waals surface area contributed by atoms with Gasteiger partial charge in [0.25, 0.3) is 0 Å². The van der Waals surface area contributed by atoms with E-state index in [0.717, 1.165) is 6.26 Å². The number of ether oxygens (including phenoxy) is 3. The van der Waals surface area contributed by atoms with Gasteiger partial charge in [0, 0.05) is 43.8 Å². The van der Waals surface area contributed by atoms with E-state index in [4.69, 9.17) is 27.9 Å². The van der Waals surface area contributed by atoms with Crippen LogP contribution < -0.4 is 0 Å². The molecule has 38 heavy (non-hydrogen) atoms. The number of carbonyl (C=O) groups excluding carboxylic acids is 3. The molecule has 0 fully saturated rings. The number of rotatable bonds is 8. The summed E-state index contributed by atoms with van der Waals surface area (Å²) in [7, 11) is -4.51. The number of hydrogen-bond acceptors (Lipinski definition) is 10.